The van der Waals surface area contributed by atoms with Crippen LogP contribution in [0, 0.1) is 0 Å². The minimum absolute atomic E-state index is 0.202. The highest BCUT2D eigenvalue weighted by Gasteiger charge is 2.19. The van der Waals surface area contributed by atoms with E-state index in [9.17, 15) is 9.59 Å². The van der Waals surface area contributed by atoms with Gasteiger partial charge >= 0.3 is 0 Å². The van der Waals surface area contributed by atoms with Crippen molar-refractivity contribution in [3.63, 3.8) is 0 Å². The Morgan fingerprint density at radius 2 is 1.97 bits per heavy atom. The molecule has 2 amide bonds. The standard InChI is InChI=1S/C23H26N4O3/c28-22-12-5-2-6-14-26(22)15-8-13-24-23(29)20-17-19(21-11-7-16-30-21)25-27(20)18-9-3-1-4-10-18/h1,3-4,7,9-11,16-17H,2,5-6,8,12-15H2,(H,24,29). The summed E-state index contributed by atoms with van der Waals surface area (Å²) < 4.78 is 7.07. The Morgan fingerprint density at radius 3 is 2.77 bits per heavy atom. The Balaban J connectivity index is 1.43. The van der Waals surface area contributed by atoms with Crippen LogP contribution in [0.3, 0.4) is 0 Å². The number of aromatic nitrogens is 2. The van der Waals surface area contributed by atoms with Crippen molar-refractivity contribution in [3.05, 3.63) is 60.5 Å². The highest BCUT2D eigenvalue weighted by Crippen LogP contribution is 2.22. The van der Waals surface area contributed by atoms with E-state index in [1.807, 2.05) is 41.3 Å². The van der Waals surface area contributed by atoms with Gasteiger partial charge in [-0.3, -0.25) is 9.59 Å². The number of likely N-dealkylation sites (tertiary alicyclic amines) is 1. The van der Waals surface area contributed by atoms with Crippen LogP contribution in [0.5, 0.6) is 0 Å². The number of nitrogens with zero attached hydrogens (tertiary/aromatic N) is 3. The third-order valence-electron chi connectivity index (χ3n) is 5.28. The van der Waals surface area contributed by atoms with Gasteiger partial charge < -0.3 is 14.6 Å². The Hall–Kier alpha value is -3.35. The summed E-state index contributed by atoms with van der Waals surface area (Å²) in [6.07, 6.45) is 6.10. The van der Waals surface area contributed by atoms with E-state index in [0.717, 1.165) is 37.9 Å². The number of carbonyl (C=O) groups is 2. The van der Waals surface area contributed by atoms with E-state index in [0.29, 0.717) is 36.7 Å². The fourth-order valence-corrected chi connectivity index (χ4v) is 3.69. The number of amides is 2. The predicted molar refractivity (Wildman–Crippen MR) is 113 cm³/mol. The molecule has 30 heavy (non-hydrogen) atoms. The van der Waals surface area contributed by atoms with Gasteiger partial charge in [-0.2, -0.15) is 5.10 Å². The molecular weight excluding hydrogens is 380 g/mol. The lowest BCUT2D eigenvalue weighted by molar-refractivity contribution is -0.130. The van der Waals surface area contributed by atoms with Crippen LogP contribution in [0.25, 0.3) is 17.1 Å². The molecule has 0 spiro atoms. The maximum absolute atomic E-state index is 12.9. The number of hydrogen-bond donors (Lipinski definition) is 1. The predicted octanol–water partition coefficient (Wildman–Crippen LogP) is 3.65. The molecule has 4 rings (SSSR count). The van der Waals surface area contributed by atoms with Crippen molar-refractivity contribution in [2.24, 2.45) is 0 Å². The molecule has 0 saturated carbocycles. The number of furan rings is 1. The second kappa shape index (κ2) is 9.43. The monoisotopic (exact) mass is 406 g/mol. The fraction of sp³-hybridized carbons (Fsp3) is 0.348. The number of carbonyl (C=O) groups excluding carboxylic acids is 2. The second-order valence-electron chi connectivity index (χ2n) is 7.44. The van der Waals surface area contributed by atoms with Gasteiger partial charge in [-0.25, -0.2) is 4.68 Å². The van der Waals surface area contributed by atoms with Crippen molar-refractivity contribution < 1.29 is 14.0 Å². The molecule has 0 aliphatic carbocycles. The summed E-state index contributed by atoms with van der Waals surface area (Å²) in [7, 11) is 0. The number of rotatable bonds is 7. The van der Waals surface area contributed by atoms with E-state index in [-0.39, 0.29) is 11.8 Å². The van der Waals surface area contributed by atoms with Crippen molar-refractivity contribution in [1.82, 2.24) is 20.0 Å². The first-order chi connectivity index (χ1) is 14.7. The van der Waals surface area contributed by atoms with Crippen molar-refractivity contribution in [3.8, 4) is 17.1 Å². The summed E-state index contributed by atoms with van der Waals surface area (Å²) in [5, 5.41) is 7.54. The summed E-state index contributed by atoms with van der Waals surface area (Å²) in [6, 6.07) is 14.9. The zero-order chi connectivity index (χ0) is 20.8. The summed E-state index contributed by atoms with van der Waals surface area (Å²) in [4.78, 5) is 26.9. The molecular formula is C23H26N4O3. The average Bonchev–Trinajstić information content (AvgIpc) is 3.41. The molecule has 2 aromatic heterocycles. The number of para-hydroxylation sites is 1. The molecule has 3 aromatic rings. The zero-order valence-corrected chi connectivity index (χ0v) is 16.9. The lowest BCUT2D eigenvalue weighted by Crippen LogP contribution is -2.34. The van der Waals surface area contributed by atoms with Gasteiger partial charge in [-0.1, -0.05) is 24.6 Å². The SMILES string of the molecule is O=C(NCCCN1CCCCCC1=O)c1cc(-c2ccco2)nn1-c1ccccc1. The van der Waals surface area contributed by atoms with Crippen LogP contribution in [0.4, 0.5) is 0 Å². The van der Waals surface area contributed by atoms with Crippen LogP contribution >= 0.6 is 0 Å². The first kappa shape index (κ1) is 19.9. The van der Waals surface area contributed by atoms with Crippen LogP contribution in [0.2, 0.25) is 0 Å². The van der Waals surface area contributed by atoms with E-state index in [1.54, 1.807) is 23.1 Å². The lowest BCUT2D eigenvalue weighted by atomic mass is 10.2. The van der Waals surface area contributed by atoms with Crippen LogP contribution in [0.15, 0.2) is 59.2 Å². The minimum atomic E-state index is -0.202. The summed E-state index contributed by atoms with van der Waals surface area (Å²) >= 11 is 0. The van der Waals surface area contributed by atoms with Gasteiger partial charge in [0.05, 0.1) is 12.0 Å². The highest BCUT2D eigenvalue weighted by atomic mass is 16.3. The molecule has 0 unspecified atom stereocenters. The normalized spacial score (nSPS) is 14.5. The van der Waals surface area contributed by atoms with Gasteiger partial charge in [0.15, 0.2) is 5.76 Å². The van der Waals surface area contributed by atoms with E-state index in [4.69, 9.17) is 4.42 Å². The summed E-state index contributed by atoms with van der Waals surface area (Å²) in [5.41, 5.74) is 1.85. The third-order valence-corrected chi connectivity index (χ3v) is 5.28. The smallest absolute Gasteiger partial charge is 0.270 e. The largest absolute Gasteiger partial charge is 0.463 e. The number of benzene rings is 1. The molecule has 7 nitrogen and oxygen atoms in total. The van der Waals surface area contributed by atoms with Gasteiger partial charge in [0.2, 0.25) is 5.91 Å². The molecule has 1 saturated heterocycles. The number of hydrogen-bond acceptors (Lipinski definition) is 4. The van der Waals surface area contributed by atoms with E-state index in [1.165, 1.54) is 0 Å². The maximum Gasteiger partial charge on any atom is 0.270 e. The fourth-order valence-electron chi connectivity index (χ4n) is 3.69. The average molecular weight is 406 g/mol. The van der Waals surface area contributed by atoms with Gasteiger partial charge in [0.25, 0.3) is 5.91 Å². The molecule has 3 heterocycles. The highest BCUT2D eigenvalue weighted by molar-refractivity contribution is 5.94. The topological polar surface area (TPSA) is 80.4 Å². The Morgan fingerprint density at radius 1 is 1.10 bits per heavy atom. The van der Waals surface area contributed by atoms with E-state index >= 15 is 0 Å². The van der Waals surface area contributed by atoms with Gasteiger partial charge in [0.1, 0.15) is 11.4 Å². The van der Waals surface area contributed by atoms with Crippen LogP contribution in [0.1, 0.15) is 42.6 Å². The quantitative estimate of drug-likeness (QED) is 0.607. The maximum atomic E-state index is 12.9. The molecule has 0 radical (unpaired) electrons. The van der Waals surface area contributed by atoms with Crippen molar-refractivity contribution in [2.45, 2.75) is 32.1 Å². The molecule has 0 bridgehead atoms. The second-order valence-corrected chi connectivity index (χ2v) is 7.44. The Kier molecular flexibility index (Phi) is 6.27. The molecule has 1 fully saturated rings. The van der Waals surface area contributed by atoms with Crippen LogP contribution in [-0.2, 0) is 4.79 Å². The summed E-state index contributed by atoms with van der Waals surface area (Å²) in [6.45, 7) is 1.99. The van der Waals surface area contributed by atoms with E-state index < -0.39 is 0 Å². The molecule has 0 atom stereocenters. The minimum Gasteiger partial charge on any atom is -0.463 e. The zero-order valence-electron chi connectivity index (χ0n) is 16.9. The molecule has 1 aromatic carbocycles. The number of nitrogens with one attached hydrogen (secondary N) is 1. The van der Waals surface area contributed by atoms with Gasteiger partial charge in [0, 0.05) is 32.1 Å². The van der Waals surface area contributed by atoms with Gasteiger partial charge in [-0.15, -0.1) is 0 Å². The first-order valence-electron chi connectivity index (χ1n) is 10.5. The molecule has 7 heteroatoms. The van der Waals surface area contributed by atoms with Crippen molar-refractivity contribution >= 4 is 11.8 Å². The Bertz CT molecular complexity index is 979. The Labute approximate surface area is 175 Å². The van der Waals surface area contributed by atoms with Crippen LogP contribution < -0.4 is 5.32 Å². The van der Waals surface area contributed by atoms with Crippen molar-refractivity contribution in [1.29, 1.82) is 0 Å². The first-order valence-corrected chi connectivity index (χ1v) is 10.5. The molecule has 1 aliphatic rings. The third kappa shape index (κ3) is 4.62. The molecule has 156 valence electrons. The van der Waals surface area contributed by atoms with E-state index in [2.05, 4.69) is 10.4 Å². The summed E-state index contributed by atoms with van der Waals surface area (Å²) in [5.74, 6) is 0.633. The molecule has 1 N–H and O–H groups in total. The van der Waals surface area contributed by atoms with Crippen LogP contribution in [-0.4, -0.2) is 46.1 Å². The lowest BCUT2D eigenvalue weighted by Gasteiger charge is -2.20. The van der Waals surface area contributed by atoms with Crippen molar-refractivity contribution in [2.75, 3.05) is 19.6 Å². The molecule has 1 aliphatic heterocycles. The van der Waals surface area contributed by atoms with Gasteiger partial charge in [-0.05, 0) is 43.5 Å².